The van der Waals surface area contributed by atoms with Crippen LogP contribution >= 0.6 is 11.8 Å². The van der Waals surface area contributed by atoms with E-state index in [0.29, 0.717) is 59.7 Å². The van der Waals surface area contributed by atoms with Crippen LogP contribution in [0.1, 0.15) is 96.9 Å². The minimum Gasteiger partial charge on any atom is -0.400 e. The zero-order chi connectivity index (χ0) is 31.7. The van der Waals surface area contributed by atoms with E-state index in [2.05, 4.69) is 38.7 Å². The van der Waals surface area contributed by atoms with Crippen LogP contribution in [0.15, 0.2) is 28.9 Å². The molecule has 0 spiro atoms. The summed E-state index contributed by atoms with van der Waals surface area (Å²) < 4.78 is 21.7. The lowest BCUT2D eigenvalue weighted by molar-refractivity contribution is 0.135. The molecule has 0 amide bonds. The number of nitrogens with two attached hydrogens (primary N) is 1. The lowest BCUT2D eigenvalue weighted by Crippen LogP contribution is -2.21. The lowest BCUT2D eigenvalue weighted by Gasteiger charge is -2.24. The first-order valence-corrected chi connectivity index (χ1v) is 16.9. The Labute approximate surface area is 261 Å². The summed E-state index contributed by atoms with van der Waals surface area (Å²) in [6.07, 6.45) is 6.32. The van der Waals surface area contributed by atoms with E-state index in [-0.39, 0.29) is 5.82 Å². The van der Waals surface area contributed by atoms with Gasteiger partial charge in [0, 0.05) is 52.1 Å². The number of thioether (sulfide) groups is 1. The number of unbranched alkanes of at least 4 members (excludes halogenated alkanes) is 1. The van der Waals surface area contributed by atoms with E-state index in [9.17, 15) is 5.26 Å². The highest BCUT2D eigenvalue weighted by molar-refractivity contribution is 7.99. The molecule has 1 unspecified atom stereocenters. The number of hydrogen-bond donors (Lipinski definition) is 1. The van der Waals surface area contributed by atoms with E-state index in [4.69, 9.17) is 20.4 Å². The number of nitrogens with zero attached hydrogens (tertiary/aromatic N) is 4. The Bertz CT molecular complexity index is 1490. The average molecular weight is 606 g/mol. The maximum Gasteiger partial charge on any atom is 0.225 e. The second-order valence-corrected chi connectivity index (χ2v) is 11.5. The van der Waals surface area contributed by atoms with Crippen molar-refractivity contribution in [1.82, 2.24) is 9.97 Å². The van der Waals surface area contributed by atoms with Gasteiger partial charge in [0.1, 0.15) is 11.9 Å². The van der Waals surface area contributed by atoms with Crippen LogP contribution in [-0.4, -0.2) is 28.8 Å². The summed E-state index contributed by atoms with van der Waals surface area (Å²) in [5.41, 5.74) is 12.7. The van der Waals surface area contributed by atoms with Crippen molar-refractivity contribution in [2.24, 2.45) is 11.7 Å². The van der Waals surface area contributed by atoms with Crippen LogP contribution in [0.25, 0.3) is 27.6 Å². The number of rotatable bonds is 4. The van der Waals surface area contributed by atoms with Gasteiger partial charge in [0.05, 0.1) is 24.3 Å². The molecular weight excluding hydrogens is 557 g/mol. The maximum absolute atomic E-state index is 15.8. The van der Waals surface area contributed by atoms with E-state index in [0.717, 1.165) is 57.6 Å². The molecular formula is C35H48FN5OS. The lowest BCUT2D eigenvalue weighted by atomic mass is 9.84. The summed E-state index contributed by atoms with van der Waals surface area (Å²) >= 11 is 1.54. The van der Waals surface area contributed by atoms with Crippen molar-refractivity contribution in [2.75, 3.05) is 23.7 Å². The van der Waals surface area contributed by atoms with Gasteiger partial charge in [0.2, 0.25) is 5.95 Å². The van der Waals surface area contributed by atoms with E-state index in [1.165, 1.54) is 30.7 Å². The molecule has 3 aromatic rings. The maximum atomic E-state index is 15.8. The minimum absolute atomic E-state index is 0.359. The molecule has 1 fully saturated rings. The van der Waals surface area contributed by atoms with Crippen molar-refractivity contribution in [3.05, 3.63) is 52.1 Å². The van der Waals surface area contributed by atoms with Gasteiger partial charge in [0.25, 0.3) is 0 Å². The number of aryl methyl sites for hydroxylation is 1. The zero-order valence-corrected chi connectivity index (χ0v) is 28.1. The predicted molar refractivity (Wildman–Crippen MR) is 180 cm³/mol. The molecule has 0 bridgehead atoms. The van der Waals surface area contributed by atoms with Crippen LogP contribution in [0.2, 0.25) is 0 Å². The third kappa shape index (κ3) is 6.84. The topological polar surface area (TPSA) is 88.1 Å². The van der Waals surface area contributed by atoms with Crippen molar-refractivity contribution in [3.8, 4) is 17.2 Å². The molecule has 0 aliphatic carbocycles. The van der Waals surface area contributed by atoms with Crippen LogP contribution in [-0.2, 0) is 24.4 Å². The number of nitriles is 1. The van der Waals surface area contributed by atoms with Gasteiger partial charge in [0.15, 0.2) is 0 Å². The molecule has 3 aliphatic heterocycles. The molecule has 43 heavy (non-hydrogen) atoms. The van der Waals surface area contributed by atoms with Gasteiger partial charge in [-0.15, -0.1) is 11.8 Å². The first-order chi connectivity index (χ1) is 20.9. The number of benzene rings is 2. The van der Waals surface area contributed by atoms with Crippen molar-refractivity contribution < 1.29 is 9.13 Å². The summed E-state index contributed by atoms with van der Waals surface area (Å²) in [6.45, 7) is 19.4. The minimum atomic E-state index is -0.363. The summed E-state index contributed by atoms with van der Waals surface area (Å²) in [4.78, 5) is 12.9. The number of halogens is 1. The predicted octanol–water partition coefficient (Wildman–Crippen LogP) is 9.03. The molecule has 1 atom stereocenters. The van der Waals surface area contributed by atoms with E-state index in [1.54, 1.807) is 6.07 Å². The Kier molecular flexibility index (Phi) is 12.8. The summed E-state index contributed by atoms with van der Waals surface area (Å²) in [6, 6.07) is 5.50. The van der Waals surface area contributed by atoms with E-state index < -0.39 is 0 Å². The molecule has 6 nitrogen and oxygen atoms in total. The Morgan fingerprint density at radius 2 is 1.77 bits per heavy atom. The van der Waals surface area contributed by atoms with E-state index >= 15 is 4.39 Å². The third-order valence-corrected chi connectivity index (χ3v) is 8.95. The Hall–Kier alpha value is -3.15. The smallest absolute Gasteiger partial charge is 0.225 e. The second kappa shape index (κ2) is 16.1. The van der Waals surface area contributed by atoms with Gasteiger partial charge in [-0.1, -0.05) is 68.2 Å². The molecule has 4 heterocycles. The summed E-state index contributed by atoms with van der Waals surface area (Å²) in [5, 5.41) is 10.9. The van der Waals surface area contributed by atoms with Crippen molar-refractivity contribution in [1.29, 1.82) is 5.26 Å². The highest BCUT2D eigenvalue weighted by Gasteiger charge is 2.32. The fourth-order valence-corrected chi connectivity index (χ4v) is 6.59. The number of ether oxygens (including phenoxy) is 1. The van der Waals surface area contributed by atoms with Crippen LogP contribution in [0.4, 0.5) is 10.3 Å². The third-order valence-electron chi connectivity index (χ3n) is 7.84. The first-order valence-electron chi connectivity index (χ1n) is 15.9. The first kappa shape index (κ1) is 34.3. The molecule has 6 rings (SSSR count). The van der Waals surface area contributed by atoms with Crippen LogP contribution in [0, 0.1) is 23.1 Å². The van der Waals surface area contributed by atoms with Crippen LogP contribution in [0.3, 0.4) is 0 Å². The van der Waals surface area contributed by atoms with Gasteiger partial charge in [-0.25, -0.2) is 14.4 Å². The number of aromatic nitrogens is 2. The van der Waals surface area contributed by atoms with Crippen LogP contribution < -0.4 is 10.6 Å². The molecule has 0 radical (unpaired) electrons. The molecule has 8 heteroatoms. The monoisotopic (exact) mass is 605 g/mol. The molecule has 232 valence electrons. The number of allylic oxidation sites excluding steroid dienone is 1. The molecule has 1 aromatic heterocycles. The number of fused-ring (bicyclic) bond motifs is 4. The molecule has 2 aromatic carbocycles. The molecule has 0 saturated carbocycles. The average Bonchev–Trinajstić information content (AvgIpc) is 3.72. The number of hydrogen-bond acceptors (Lipinski definition) is 7. The van der Waals surface area contributed by atoms with Gasteiger partial charge in [-0.2, -0.15) is 5.26 Å². The Morgan fingerprint density at radius 1 is 1.07 bits per heavy atom. The SMILES string of the molecule is CC.CC.CCCC.CCc1c(-c2c(F)ccc3c2C(C#N)=C(N)CS3)c2c(c3cnc(N4CCC(C)C4)nc13)COC2. The van der Waals surface area contributed by atoms with Gasteiger partial charge >= 0.3 is 0 Å². The van der Waals surface area contributed by atoms with Crippen LogP contribution in [0.5, 0.6) is 0 Å². The second-order valence-electron chi connectivity index (χ2n) is 10.5. The van der Waals surface area contributed by atoms with Crippen molar-refractivity contribution in [3.63, 3.8) is 0 Å². The highest BCUT2D eigenvalue weighted by atomic mass is 32.2. The Morgan fingerprint density at radius 3 is 2.37 bits per heavy atom. The highest BCUT2D eigenvalue weighted by Crippen LogP contribution is 2.48. The zero-order valence-electron chi connectivity index (χ0n) is 27.2. The standard InChI is InChI=1S/C27H26FN5OS.C4H10.2C2H6/c1-3-15-23(25-20(28)4-5-22-24(25)16(8-29)21(30)13-35-22)19-12-34-11-18(19)17-9-31-27(32-26(15)17)33-7-6-14(2)10-33;1-3-4-2;2*1-2/h4-5,9,14H,3,6-7,10-13,30H2,1-2H3;3-4H2,1-2H3;2*1-2H3. The van der Waals surface area contributed by atoms with E-state index in [1.807, 2.05) is 33.9 Å². The van der Waals surface area contributed by atoms with Crippen molar-refractivity contribution in [2.45, 2.75) is 99.2 Å². The molecule has 3 aliphatic rings. The van der Waals surface area contributed by atoms with Gasteiger partial charge in [-0.05, 0) is 53.1 Å². The van der Waals surface area contributed by atoms with Gasteiger partial charge in [-0.3, -0.25) is 0 Å². The quantitative estimate of drug-likeness (QED) is 0.317. The number of anilines is 1. The van der Waals surface area contributed by atoms with Gasteiger partial charge < -0.3 is 15.4 Å². The summed E-state index contributed by atoms with van der Waals surface area (Å²) in [5.74, 6) is 1.48. The summed E-state index contributed by atoms with van der Waals surface area (Å²) in [7, 11) is 0. The molecule has 2 N–H and O–H groups in total. The largest absolute Gasteiger partial charge is 0.400 e. The van der Waals surface area contributed by atoms with Crippen molar-refractivity contribution >= 4 is 34.2 Å². The fraction of sp³-hybridized carbons (Fsp3) is 0.514. The fourth-order valence-electron chi connectivity index (χ4n) is 5.62. The molecule has 1 saturated heterocycles. The normalized spacial score (nSPS) is 16.7. The Balaban J connectivity index is 0.000000577.